The Morgan fingerprint density at radius 1 is 1.20 bits per heavy atom. The molecular weight excluding hydrogens is 427 g/mol. The number of aromatic nitrogens is 1. The van der Waals surface area contributed by atoms with Gasteiger partial charge in [0.05, 0.1) is 16.9 Å². The number of halogens is 1. The quantitative estimate of drug-likeness (QED) is 0.634. The molecule has 0 atom stereocenters. The van der Waals surface area contributed by atoms with Crippen LogP contribution in [0.1, 0.15) is 74.9 Å². The normalized spacial score (nSPS) is 12.6. The van der Waals surface area contributed by atoms with Gasteiger partial charge in [0.1, 0.15) is 5.82 Å². The van der Waals surface area contributed by atoms with E-state index in [1.165, 1.54) is 25.4 Å². The molecule has 0 spiro atoms. The number of nitrogens with one attached hydrogen (secondary N) is 1. The van der Waals surface area contributed by atoms with Crippen LogP contribution >= 0.6 is 11.3 Å². The van der Waals surface area contributed by atoms with Crippen molar-refractivity contribution < 1.29 is 22.3 Å². The van der Waals surface area contributed by atoms with E-state index in [9.17, 15) is 17.6 Å². The molecule has 0 aliphatic rings. The van der Waals surface area contributed by atoms with Gasteiger partial charge in [0.15, 0.2) is 0 Å². The molecule has 1 aromatic carbocycles. The number of nitrogens with zero attached hydrogens (tertiary/aromatic N) is 1. The van der Waals surface area contributed by atoms with E-state index in [0.717, 1.165) is 11.3 Å². The Morgan fingerprint density at radius 2 is 1.73 bits per heavy atom. The Bertz CT molecular complexity index is 998. The standard InChI is InChI=1S/C21H29FN2O4S2/c1-12(2)15-8-14(22)9-16(13(3)4)17(15)10-19(25)24-30(26,27)20-23-11-18(29-20)21(5,6)28-7/h8-9,11-13H,10H2,1-7H3,(H,24,25). The van der Waals surface area contributed by atoms with Crippen molar-refractivity contribution in [3.63, 3.8) is 0 Å². The molecule has 0 unspecified atom stereocenters. The molecule has 1 N–H and O–H groups in total. The summed E-state index contributed by atoms with van der Waals surface area (Å²) in [4.78, 5) is 17.2. The van der Waals surface area contributed by atoms with Gasteiger partial charge in [0, 0.05) is 13.3 Å². The molecule has 0 saturated heterocycles. The number of benzene rings is 1. The van der Waals surface area contributed by atoms with Crippen molar-refractivity contribution in [2.24, 2.45) is 0 Å². The molecule has 30 heavy (non-hydrogen) atoms. The van der Waals surface area contributed by atoms with Gasteiger partial charge in [-0.05, 0) is 54.5 Å². The lowest BCUT2D eigenvalue weighted by Crippen LogP contribution is -2.32. The zero-order valence-corrected chi connectivity index (χ0v) is 20.0. The number of methoxy groups -OCH3 is 1. The molecule has 1 aromatic heterocycles. The lowest BCUT2D eigenvalue weighted by molar-refractivity contribution is -0.118. The lowest BCUT2D eigenvalue weighted by Gasteiger charge is -2.20. The number of amides is 1. The Hall–Kier alpha value is -1.84. The van der Waals surface area contributed by atoms with Crippen LogP contribution in [0.3, 0.4) is 0 Å². The zero-order chi connectivity index (χ0) is 22.9. The van der Waals surface area contributed by atoms with E-state index in [0.29, 0.717) is 21.6 Å². The van der Waals surface area contributed by atoms with Gasteiger partial charge in [0.25, 0.3) is 10.0 Å². The van der Waals surface area contributed by atoms with Crippen molar-refractivity contribution in [3.05, 3.63) is 45.7 Å². The van der Waals surface area contributed by atoms with Crippen molar-refractivity contribution in [3.8, 4) is 0 Å². The number of thiazole rings is 1. The topological polar surface area (TPSA) is 85.4 Å². The van der Waals surface area contributed by atoms with Gasteiger partial charge in [-0.1, -0.05) is 27.7 Å². The average molecular weight is 457 g/mol. The van der Waals surface area contributed by atoms with E-state index >= 15 is 0 Å². The number of hydrogen-bond acceptors (Lipinski definition) is 6. The molecule has 0 saturated carbocycles. The van der Waals surface area contributed by atoms with Crippen molar-refractivity contribution in [1.29, 1.82) is 0 Å². The fourth-order valence-electron chi connectivity index (χ4n) is 3.07. The molecule has 0 bridgehead atoms. The second-order valence-corrected chi connectivity index (χ2v) is 11.2. The van der Waals surface area contributed by atoms with Crippen LogP contribution in [0.4, 0.5) is 4.39 Å². The van der Waals surface area contributed by atoms with Gasteiger partial charge in [-0.3, -0.25) is 4.79 Å². The number of sulfonamides is 1. The number of hydrogen-bond donors (Lipinski definition) is 1. The van der Waals surface area contributed by atoms with Crippen molar-refractivity contribution in [2.45, 2.75) is 69.7 Å². The highest BCUT2D eigenvalue weighted by atomic mass is 32.2. The second-order valence-electron chi connectivity index (χ2n) is 8.28. The van der Waals surface area contributed by atoms with Crippen LogP contribution in [0.5, 0.6) is 0 Å². The first-order valence-electron chi connectivity index (χ1n) is 9.67. The lowest BCUT2D eigenvalue weighted by atomic mass is 9.87. The fourth-order valence-corrected chi connectivity index (χ4v) is 5.28. The van der Waals surface area contributed by atoms with Gasteiger partial charge in [0.2, 0.25) is 10.2 Å². The summed E-state index contributed by atoms with van der Waals surface area (Å²) >= 11 is 0.949. The predicted molar refractivity (Wildman–Crippen MR) is 116 cm³/mol. The highest BCUT2D eigenvalue weighted by Gasteiger charge is 2.28. The SMILES string of the molecule is COC(C)(C)c1cnc(S(=O)(=O)NC(=O)Cc2c(C(C)C)cc(F)cc2C(C)C)s1. The molecule has 0 radical (unpaired) electrons. The van der Waals surface area contributed by atoms with E-state index < -0.39 is 21.5 Å². The van der Waals surface area contributed by atoms with Crippen molar-refractivity contribution in [2.75, 3.05) is 7.11 Å². The van der Waals surface area contributed by atoms with E-state index in [1.807, 2.05) is 27.7 Å². The maximum atomic E-state index is 14.1. The van der Waals surface area contributed by atoms with Crippen LogP contribution < -0.4 is 4.72 Å². The summed E-state index contributed by atoms with van der Waals surface area (Å²) in [5, 5.41) is 0. The molecule has 1 amide bonds. The maximum Gasteiger partial charge on any atom is 0.291 e. The van der Waals surface area contributed by atoms with Crippen molar-refractivity contribution in [1.82, 2.24) is 9.71 Å². The summed E-state index contributed by atoms with van der Waals surface area (Å²) in [6, 6.07) is 2.82. The first-order valence-corrected chi connectivity index (χ1v) is 12.0. The van der Waals surface area contributed by atoms with E-state index in [-0.39, 0.29) is 28.4 Å². The van der Waals surface area contributed by atoms with Crippen LogP contribution in [0.25, 0.3) is 0 Å². The summed E-state index contributed by atoms with van der Waals surface area (Å²) in [6.07, 6.45) is 1.27. The molecular formula is C21H29FN2O4S2. The monoisotopic (exact) mass is 456 g/mol. The summed E-state index contributed by atoms with van der Waals surface area (Å²) in [7, 11) is -2.60. The Labute approximate surface area is 181 Å². The summed E-state index contributed by atoms with van der Waals surface area (Å²) in [5.41, 5.74) is 1.37. The van der Waals surface area contributed by atoms with Gasteiger partial charge < -0.3 is 4.74 Å². The van der Waals surface area contributed by atoms with Gasteiger partial charge >= 0.3 is 0 Å². The van der Waals surface area contributed by atoms with E-state index in [1.54, 1.807) is 13.8 Å². The van der Waals surface area contributed by atoms with Gasteiger partial charge in [-0.15, -0.1) is 11.3 Å². The van der Waals surface area contributed by atoms with Crippen LogP contribution in [0.2, 0.25) is 0 Å². The average Bonchev–Trinajstić information content (AvgIpc) is 3.14. The minimum absolute atomic E-state index is 0.0181. The van der Waals surface area contributed by atoms with Gasteiger partial charge in [-0.2, -0.15) is 8.42 Å². The van der Waals surface area contributed by atoms with Crippen molar-refractivity contribution >= 4 is 27.3 Å². The number of carbonyl (C=O) groups is 1. The third kappa shape index (κ3) is 5.44. The summed E-state index contributed by atoms with van der Waals surface area (Å²) in [6.45, 7) is 11.2. The first-order chi connectivity index (χ1) is 13.8. The smallest absolute Gasteiger partial charge is 0.291 e. The molecule has 2 rings (SSSR count). The Balaban J connectivity index is 2.32. The largest absolute Gasteiger partial charge is 0.373 e. The van der Waals surface area contributed by atoms with Crippen LogP contribution in [0, 0.1) is 5.82 Å². The minimum atomic E-state index is -4.12. The highest BCUT2D eigenvalue weighted by Crippen LogP contribution is 2.31. The predicted octanol–water partition coefficient (Wildman–Crippen LogP) is 4.46. The molecule has 0 fully saturated rings. The molecule has 166 valence electrons. The first kappa shape index (κ1) is 24.4. The maximum absolute atomic E-state index is 14.1. The van der Waals surface area contributed by atoms with E-state index in [4.69, 9.17) is 4.74 Å². The minimum Gasteiger partial charge on any atom is -0.373 e. The number of ether oxygens (including phenoxy) is 1. The van der Waals surface area contributed by atoms with Crippen LogP contribution in [-0.4, -0.2) is 26.4 Å². The number of carbonyl (C=O) groups excluding carboxylic acids is 1. The summed E-state index contributed by atoms with van der Waals surface area (Å²) in [5.74, 6) is -1.09. The molecule has 1 heterocycles. The zero-order valence-electron chi connectivity index (χ0n) is 18.4. The molecule has 0 aliphatic carbocycles. The van der Waals surface area contributed by atoms with Crippen LogP contribution in [-0.2, 0) is 31.6 Å². The molecule has 9 heteroatoms. The third-order valence-electron chi connectivity index (χ3n) is 4.93. The molecule has 2 aromatic rings. The molecule has 0 aliphatic heterocycles. The highest BCUT2D eigenvalue weighted by molar-refractivity contribution is 7.92. The Kier molecular flexibility index (Phi) is 7.42. The fraction of sp³-hybridized carbons (Fsp3) is 0.524. The Morgan fingerprint density at radius 3 is 2.20 bits per heavy atom. The van der Waals surface area contributed by atoms with Crippen LogP contribution in [0.15, 0.2) is 22.7 Å². The second kappa shape index (κ2) is 9.11. The number of rotatable bonds is 8. The molecule has 6 nitrogen and oxygen atoms in total. The van der Waals surface area contributed by atoms with E-state index in [2.05, 4.69) is 9.71 Å². The third-order valence-corrected chi connectivity index (χ3v) is 8.00. The summed E-state index contributed by atoms with van der Waals surface area (Å²) < 4.78 is 46.6. The van der Waals surface area contributed by atoms with Gasteiger partial charge in [-0.25, -0.2) is 14.1 Å².